The van der Waals surface area contributed by atoms with Crippen molar-refractivity contribution in [1.29, 1.82) is 0 Å². The highest BCUT2D eigenvalue weighted by Crippen LogP contribution is 2.43. The molecule has 1 unspecified atom stereocenters. The number of carbonyl (C=O) groups is 2. The summed E-state index contributed by atoms with van der Waals surface area (Å²) in [5.41, 5.74) is 0.446. The van der Waals surface area contributed by atoms with Crippen molar-refractivity contribution >= 4 is 18.1 Å². The van der Waals surface area contributed by atoms with Gasteiger partial charge in [0.2, 0.25) is 0 Å². The summed E-state index contributed by atoms with van der Waals surface area (Å²) in [5.74, 6) is -0.312. The Morgan fingerprint density at radius 2 is 1.70 bits per heavy atom. The highest BCUT2D eigenvalue weighted by Gasteiger charge is 2.44. The minimum absolute atomic E-state index is 0.303. The molecule has 0 saturated carbocycles. The summed E-state index contributed by atoms with van der Waals surface area (Å²) in [7, 11) is 0. The summed E-state index contributed by atoms with van der Waals surface area (Å²) >= 11 is 0. The highest BCUT2D eigenvalue weighted by molar-refractivity contribution is 5.70. The molecule has 1 saturated heterocycles. The molecule has 30 heavy (non-hydrogen) atoms. The van der Waals surface area contributed by atoms with E-state index in [1.807, 2.05) is 51.1 Å². The van der Waals surface area contributed by atoms with E-state index in [0.717, 1.165) is 17.5 Å². The standard InChI is InChI=1S/C24H29FN2O3/c1-23(2,3)30-22(29)27-15-13-24(17-28,14-16-27)21(18-7-5-4-6-8-18)26-20-11-9-19(25)10-12-20/h4-12,17,21,26H,13-16H2,1-3H3. The van der Waals surface area contributed by atoms with Gasteiger partial charge in [-0.15, -0.1) is 0 Å². The third-order valence-electron chi connectivity index (χ3n) is 5.44. The number of hydrogen-bond donors (Lipinski definition) is 1. The average Bonchev–Trinajstić information content (AvgIpc) is 2.73. The molecule has 3 rings (SSSR count). The number of anilines is 1. The van der Waals surface area contributed by atoms with Crippen LogP contribution in [0.5, 0.6) is 0 Å². The van der Waals surface area contributed by atoms with Gasteiger partial charge in [-0.25, -0.2) is 9.18 Å². The molecular formula is C24H29FN2O3. The molecule has 0 radical (unpaired) electrons. The smallest absolute Gasteiger partial charge is 0.410 e. The summed E-state index contributed by atoms with van der Waals surface area (Å²) in [6.07, 6.45) is 1.66. The molecule has 0 bridgehead atoms. The van der Waals surface area contributed by atoms with Crippen LogP contribution >= 0.6 is 0 Å². The molecule has 5 nitrogen and oxygen atoms in total. The van der Waals surface area contributed by atoms with Crippen molar-refractivity contribution in [3.05, 3.63) is 66.0 Å². The van der Waals surface area contributed by atoms with Gasteiger partial charge in [0.25, 0.3) is 0 Å². The Morgan fingerprint density at radius 1 is 1.10 bits per heavy atom. The summed E-state index contributed by atoms with van der Waals surface area (Å²) < 4.78 is 18.8. The molecule has 1 atom stereocenters. The van der Waals surface area contributed by atoms with Gasteiger partial charge < -0.3 is 19.7 Å². The van der Waals surface area contributed by atoms with Gasteiger partial charge in [-0.05, 0) is 63.4 Å². The molecule has 2 aromatic rings. The summed E-state index contributed by atoms with van der Waals surface area (Å²) in [6.45, 7) is 6.37. The van der Waals surface area contributed by atoms with E-state index in [9.17, 15) is 14.0 Å². The number of amides is 1. The van der Waals surface area contributed by atoms with E-state index in [4.69, 9.17) is 4.74 Å². The lowest BCUT2D eigenvalue weighted by atomic mass is 9.71. The Labute approximate surface area is 177 Å². The first-order valence-corrected chi connectivity index (χ1v) is 10.2. The van der Waals surface area contributed by atoms with Crippen molar-refractivity contribution < 1.29 is 18.7 Å². The van der Waals surface area contributed by atoms with E-state index in [1.54, 1.807) is 17.0 Å². The summed E-state index contributed by atoms with van der Waals surface area (Å²) in [5, 5.41) is 3.43. The Balaban J connectivity index is 1.83. The van der Waals surface area contributed by atoms with Crippen molar-refractivity contribution in [2.24, 2.45) is 5.41 Å². The number of rotatable bonds is 5. The molecule has 1 aliphatic heterocycles. The number of hydrogen-bond acceptors (Lipinski definition) is 4. The van der Waals surface area contributed by atoms with E-state index < -0.39 is 11.0 Å². The third-order valence-corrected chi connectivity index (χ3v) is 5.44. The van der Waals surface area contributed by atoms with Gasteiger partial charge in [0.1, 0.15) is 17.7 Å². The SMILES string of the molecule is CC(C)(C)OC(=O)N1CCC(C=O)(C(Nc2ccc(F)cc2)c2ccccc2)CC1. The molecule has 160 valence electrons. The van der Waals surface area contributed by atoms with Crippen LogP contribution in [0.2, 0.25) is 0 Å². The Kier molecular flexibility index (Phi) is 6.44. The normalized spacial score (nSPS) is 17.1. The van der Waals surface area contributed by atoms with Gasteiger partial charge in [0, 0.05) is 18.8 Å². The second-order valence-electron chi connectivity index (χ2n) is 8.81. The number of likely N-dealkylation sites (tertiary alicyclic amines) is 1. The lowest BCUT2D eigenvalue weighted by molar-refractivity contribution is -0.120. The van der Waals surface area contributed by atoms with Crippen LogP contribution in [0.4, 0.5) is 14.9 Å². The van der Waals surface area contributed by atoms with Crippen molar-refractivity contribution in [1.82, 2.24) is 4.90 Å². The first kappa shape index (κ1) is 21.8. The van der Waals surface area contributed by atoms with Crippen LogP contribution < -0.4 is 5.32 Å². The van der Waals surface area contributed by atoms with Crippen molar-refractivity contribution in [3.8, 4) is 0 Å². The maximum absolute atomic E-state index is 13.3. The molecule has 6 heteroatoms. The quantitative estimate of drug-likeness (QED) is 0.686. The molecule has 2 aromatic carbocycles. The van der Waals surface area contributed by atoms with E-state index in [2.05, 4.69) is 5.32 Å². The lowest BCUT2D eigenvalue weighted by Gasteiger charge is -2.43. The zero-order valence-corrected chi connectivity index (χ0v) is 17.7. The molecule has 0 spiro atoms. The summed E-state index contributed by atoms with van der Waals surface area (Å²) in [6, 6.07) is 15.6. The highest BCUT2D eigenvalue weighted by atomic mass is 19.1. The average molecular weight is 413 g/mol. The van der Waals surface area contributed by atoms with Gasteiger partial charge in [-0.2, -0.15) is 0 Å². The fourth-order valence-electron chi connectivity index (χ4n) is 3.82. The first-order chi connectivity index (χ1) is 14.2. The second-order valence-corrected chi connectivity index (χ2v) is 8.81. The molecular weight excluding hydrogens is 383 g/mol. The van der Waals surface area contributed by atoms with E-state index >= 15 is 0 Å². The number of benzene rings is 2. The minimum Gasteiger partial charge on any atom is -0.444 e. The maximum atomic E-state index is 13.3. The van der Waals surface area contributed by atoms with E-state index in [-0.39, 0.29) is 18.0 Å². The van der Waals surface area contributed by atoms with Crippen LogP contribution in [0.25, 0.3) is 0 Å². The number of carbonyl (C=O) groups excluding carboxylic acids is 2. The number of nitrogens with zero attached hydrogens (tertiary/aromatic N) is 1. The predicted octanol–water partition coefficient (Wildman–Crippen LogP) is 5.20. The number of halogens is 1. The lowest BCUT2D eigenvalue weighted by Crippen LogP contribution is -2.49. The monoisotopic (exact) mass is 412 g/mol. The van der Waals surface area contributed by atoms with Crippen LogP contribution in [-0.2, 0) is 9.53 Å². The van der Waals surface area contributed by atoms with Crippen LogP contribution in [0.3, 0.4) is 0 Å². The number of piperidine rings is 1. The van der Waals surface area contributed by atoms with Gasteiger partial charge in [0.15, 0.2) is 0 Å². The molecule has 0 aliphatic carbocycles. The molecule has 1 N–H and O–H groups in total. The minimum atomic E-state index is -0.700. The van der Waals surface area contributed by atoms with E-state index in [1.165, 1.54) is 12.1 Å². The molecule has 1 aliphatic rings. The zero-order valence-electron chi connectivity index (χ0n) is 17.7. The Morgan fingerprint density at radius 3 is 2.23 bits per heavy atom. The molecule has 1 heterocycles. The Bertz CT molecular complexity index is 854. The van der Waals surface area contributed by atoms with Crippen LogP contribution in [-0.4, -0.2) is 36.0 Å². The topological polar surface area (TPSA) is 58.6 Å². The van der Waals surface area contributed by atoms with E-state index in [0.29, 0.717) is 25.9 Å². The number of nitrogens with one attached hydrogen (secondary N) is 1. The van der Waals surface area contributed by atoms with Gasteiger partial charge >= 0.3 is 6.09 Å². The predicted molar refractivity (Wildman–Crippen MR) is 115 cm³/mol. The largest absolute Gasteiger partial charge is 0.444 e. The van der Waals surface area contributed by atoms with Gasteiger partial charge in [-0.1, -0.05) is 30.3 Å². The van der Waals surface area contributed by atoms with Crippen molar-refractivity contribution in [2.45, 2.75) is 45.3 Å². The Hall–Kier alpha value is -2.89. The van der Waals surface area contributed by atoms with Crippen molar-refractivity contribution in [2.75, 3.05) is 18.4 Å². The van der Waals surface area contributed by atoms with Crippen molar-refractivity contribution in [3.63, 3.8) is 0 Å². The van der Waals surface area contributed by atoms with Gasteiger partial charge in [-0.3, -0.25) is 0 Å². The fraction of sp³-hybridized carbons (Fsp3) is 0.417. The second kappa shape index (κ2) is 8.86. The molecule has 1 amide bonds. The summed E-state index contributed by atoms with van der Waals surface area (Å²) in [4.78, 5) is 26.5. The molecule has 1 fully saturated rings. The van der Waals surface area contributed by atoms with Gasteiger partial charge in [0.05, 0.1) is 11.5 Å². The fourth-order valence-corrected chi connectivity index (χ4v) is 3.82. The third kappa shape index (κ3) is 5.17. The van der Waals surface area contributed by atoms with Crippen LogP contribution in [0, 0.1) is 11.2 Å². The number of ether oxygens (including phenoxy) is 1. The zero-order chi connectivity index (χ0) is 21.8. The first-order valence-electron chi connectivity index (χ1n) is 10.2. The number of aldehydes is 1. The molecule has 0 aromatic heterocycles. The maximum Gasteiger partial charge on any atom is 0.410 e. The van der Waals surface area contributed by atoms with Crippen LogP contribution in [0.15, 0.2) is 54.6 Å². The van der Waals surface area contributed by atoms with Crippen LogP contribution in [0.1, 0.15) is 45.2 Å².